The zero-order valence-corrected chi connectivity index (χ0v) is 15.2. The van der Waals surface area contributed by atoms with Crippen LogP contribution in [-0.2, 0) is 0 Å². The lowest BCUT2D eigenvalue weighted by molar-refractivity contribution is 0.840. The second-order valence-corrected chi connectivity index (χ2v) is 6.63. The van der Waals surface area contributed by atoms with Gasteiger partial charge < -0.3 is 0 Å². The van der Waals surface area contributed by atoms with E-state index in [1.807, 2.05) is 35.2 Å². The monoisotopic (exact) mass is 398 g/mol. The molecule has 0 spiro atoms. The lowest BCUT2D eigenvalue weighted by Gasteiger charge is -2.04. The average Bonchev–Trinajstić information content (AvgIpc) is 3.02. The Bertz CT molecular complexity index is 925. The summed E-state index contributed by atoms with van der Waals surface area (Å²) < 4.78 is 2.89. The van der Waals surface area contributed by atoms with Gasteiger partial charge in [-0.15, -0.1) is 17.9 Å². The fourth-order valence-electron chi connectivity index (χ4n) is 2.08. The molecule has 0 bridgehead atoms. The summed E-state index contributed by atoms with van der Waals surface area (Å²) in [7, 11) is 0. The Morgan fingerprint density at radius 2 is 2.08 bits per heavy atom. The standard InChI is InChI=1S/C18H15BrN4S/c1-2-8-21-18-23(22-12-14-6-9-20-10-7-14)17(13-24-18)15-4-3-5-16(19)11-15/h2-7,9-13H,1,8H2. The Hall–Kier alpha value is -2.31. The third-order valence-electron chi connectivity index (χ3n) is 3.19. The number of aromatic nitrogens is 2. The third kappa shape index (κ3) is 3.96. The molecule has 0 amide bonds. The molecule has 2 aromatic heterocycles. The van der Waals surface area contributed by atoms with Gasteiger partial charge in [0.15, 0.2) is 0 Å². The van der Waals surface area contributed by atoms with Crippen LogP contribution in [0.15, 0.2) is 81.4 Å². The van der Waals surface area contributed by atoms with Gasteiger partial charge in [0.25, 0.3) is 0 Å². The maximum Gasteiger partial charge on any atom is 0.206 e. The van der Waals surface area contributed by atoms with Crippen LogP contribution in [-0.4, -0.2) is 22.4 Å². The summed E-state index contributed by atoms with van der Waals surface area (Å²) in [6.45, 7) is 4.28. The van der Waals surface area contributed by atoms with Crippen LogP contribution in [0.1, 0.15) is 5.56 Å². The molecule has 0 saturated heterocycles. The van der Waals surface area contributed by atoms with Crippen LogP contribution >= 0.6 is 27.3 Å². The van der Waals surface area contributed by atoms with Crippen molar-refractivity contribution in [2.75, 3.05) is 6.54 Å². The Morgan fingerprint density at radius 3 is 2.83 bits per heavy atom. The smallest absolute Gasteiger partial charge is 0.206 e. The lowest BCUT2D eigenvalue weighted by Crippen LogP contribution is -2.12. The van der Waals surface area contributed by atoms with Crippen molar-refractivity contribution in [2.45, 2.75) is 0 Å². The van der Waals surface area contributed by atoms with E-state index in [4.69, 9.17) is 0 Å². The molecular weight excluding hydrogens is 384 g/mol. The molecule has 24 heavy (non-hydrogen) atoms. The number of rotatable bonds is 5. The van der Waals surface area contributed by atoms with E-state index >= 15 is 0 Å². The Balaban J connectivity index is 2.08. The number of benzene rings is 1. The van der Waals surface area contributed by atoms with Crippen molar-refractivity contribution in [1.29, 1.82) is 0 Å². The maximum absolute atomic E-state index is 4.63. The van der Waals surface area contributed by atoms with Crippen molar-refractivity contribution >= 4 is 33.5 Å². The molecule has 0 unspecified atom stereocenters. The number of hydrogen-bond donors (Lipinski definition) is 0. The van der Waals surface area contributed by atoms with E-state index in [9.17, 15) is 0 Å². The highest BCUT2D eigenvalue weighted by Crippen LogP contribution is 2.23. The van der Waals surface area contributed by atoms with E-state index in [0.717, 1.165) is 26.1 Å². The first-order valence-corrected chi connectivity index (χ1v) is 8.97. The first-order valence-electron chi connectivity index (χ1n) is 7.30. The van der Waals surface area contributed by atoms with Gasteiger partial charge in [-0.3, -0.25) is 9.98 Å². The molecule has 1 aromatic carbocycles. The fourth-order valence-corrected chi connectivity index (χ4v) is 3.33. The number of halogens is 1. The number of hydrogen-bond acceptors (Lipinski definition) is 4. The molecule has 3 aromatic rings. The summed E-state index contributed by atoms with van der Waals surface area (Å²) in [5.74, 6) is 0. The molecule has 0 fully saturated rings. The predicted octanol–water partition coefficient (Wildman–Crippen LogP) is 4.34. The molecule has 2 heterocycles. The van der Waals surface area contributed by atoms with Gasteiger partial charge in [0, 0.05) is 27.8 Å². The SMILES string of the molecule is C=CCN=c1scc(-c2cccc(Br)c2)n1N=Cc1ccncc1. The van der Waals surface area contributed by atoms with E-state index in [2.05, 4.69) is 55.1 Å². The number of nitrogens with zero attached hydrogens (tertiary/aromatic N) is 4. The van der Waals surface area contributed by atoms with Crippen LogP contribution in [0.5, 0.6) is 0 Å². The Kier molecular flexibility index (Phi) is 5.51. The van der Waals surface area contributed by atoms with Crippen LogP contribution < -0.4 is 4.80 Å². The van der Waals surface area contributed by atoms with E-state index in [1.165, 1.54) is 0 Å². The van der Waals surface area contributed by atoms with E-state index < -0.39 is 0 Å². The average molecular weight is 399 g/mol. The lowest BCUT2D eigenvalue weighted by atomic mass is 10.2. The van der Waals surface area contributed by atoms with E-state index in [-0.39, 0.29) is 0 Å². The molecule has 0 radical (unpaired) electrons. The van der Waals surface area contributed by atoms with Crippen molar-refractivity contribution in [1.82, 2.24) is 9.66 Å². The van der Waals surface area contributed by atoms with E-state index in [0.29, 0.717) is 6.54 Å². The first kappa shape index (κ1) is 16.5. The minimum Gasteiger partial charge on any atom is -0.265 e. The van der Waals surface area contributed by atoms with Crippen molar-refractivity contribution in [3.05, 3.63) is 81.7 Å². The van der Waals surface area contributed by atoms with Gasteiger partial charge in [-0.1, -0.05) is 34.1 Å². The molecule has 6 heteroatoms. The zero-order valence-electron chi connectivity index (χ0n) is 12.8. The molecule has 4 nitrogen and oxygen atoms in total. The molecule has 0 saturated carbocycles. The minimum absolute atomic E-state index is 0.559. The third-order valence-corrected chi connectivity index (χ3v) is 4.54. The summed E-state index contributed by atoms with van der Waals surface area (Å²) in [6, 6.07) is 12.0. The van der Waals surface area contributed by atoms with Gasteiger partial charge in [-0.2, -0.15) is 5.10 Å². The molecule has 0 aliphatic rings. The highest BCUT2D eigenvalue weighted by Gasteiger charge is 2.07. The van der Waals surface area contributed by atoms with Gasteiger partial charge in [0.2, 0.25) is 4.80 Å². The number of pyridine rings is 1. The highest BCUT2D eigenvalue weighted by atomic mass is 79.9. The normalized spacial score (nSPS) is 12.0. The second-order valence-electron chi connectivity index (χ2n) is 4.88. The Morgan fingerprint density at radius 1 is 1.25 bits per heavy atom. The molecule has 0 aliphatic carbocycles. The van der Waals surface area contributed by atoms with Crippen LogP contribution in [0.25, 0.3) is 11.3 Å². The molecule has 120 valence electrons. The summed E-state index contributed by atoms with van der Waals surface area (Å²) in [5.41, 5.74) is 3.06. The van der Waals surface area contributed by atoms with Crippen LogP contribution in [0.4, 0.5) is 0 Å². The Labute approximate surface area is 152 Å². The van der Waals surface area contributed by atoms with Crippen molar-refractivity contribution in [3.8, 4) is 11.3 Å². The van der Waals surface area contributed by atoms with Gasteiger partial charge in [0.1, 0.15) is 0 Å². The van der Waals surface area contributed by atoms with Crippen LogP contribution in [0, 0.1) is 0 Å². The molecule has 0 N–H and O–H groups in total. The van der Waals surface area contributed by atoms with Gasteiger partial charge in [-0.25, -0.2) is 4.68 Å². The largest absolute Gasteiger partial charge is 0.265 e. The molecule has 0 aliphatic heterocycles. The summed E-state index contributed by atoms with van der Waals surface area (Å²) in [5, 5.41) is 6.69. The van der Waals surface area contributed by atoms with Crippen molar-refractivity contribution in [3.63, 3.8) is 0 Å². The van der Waals surface area contributed by atoms with Crippen molar-refractivity contribution in [2.24, 2.45) is 10.1 Å². The van der Waals surface area contributed by atoms with E-state index in [1.54, 1.807) is 29.8 Å². The summed E-state index contributed by atoms with van der Waals surface area (Å²) in [4.78, 5) is 9.38. The van der Waals surface area contributed by atoms with Gasteiger partial charge >= 0.3 is 0 Å². The van der Waals surface area contributed by atoms with Crippen molar-refractivity contribution < 1.29 is 0 Å². The molecule has 0 atom stereocenters. The maximum atomic E-state index is 4.63. The topological polar surface area (TPSA) is 42.5 Å². The van der Waals surface area contributed by atoms with Gasteiger partial charge in [-0.05, 0) is 29.8 Å². The van der Waals surface area contributed by atoms with Gasteiger partial charge in [0.05, 0.1) is 18.5 Å². The molecular formula is C18H15BrN4S. The predicted molar refractivity (Wildman–Crippen MR) is 103 cm³/mol. The highest BCUT2D eigenvalue weighted by molar-refractivity contribution is 9.10. The fraction of sp³-hybridized carbons (Fsp3) is 0.0556. The zero-order chi connectivity index (χ0) is 16.8. The van der Waals surface area contributed by atoms with Crippen LogP contribution in [0.2, 0.25) is 0 Å². The summed E-state index contributed by atoms with van der Waals surface area (Å²) >= 11 is 5.08. The van der Waals surface area contributed by atoms with Crippen LogP contribution in [0.3, 0.4) is 0 Å². The minimum atomic E-state index is 0.559. The quantitative estimate of drug-likeness (QED) is 0.465. The summed E-state index contributed by atoms with van der Waals surface area (Å²) in [6.07, 6.45) is 7.08. The number of thiazole rings is 1. The first-order chi connectivity index (χ1) is 11.8. The molecule has 3 rings (SSSR count). The second kappa shape index (κ2) is 7.99.